The van der Waals surface area contributed by atoms with E-state index in [0.29, 0.717) is 19.6 Å². The SMILES string of the molecule is C=CCN(CCC)C(=O)C1(N)CC(OCC)C1(C)C. The van der Waals surface area contributed by atoms with Gasteiger partial charge in [0.15, 0.2) is 0 Å². The van der Waals surface area contributed by atoms with Gasteiger partial charge in [-0.3, -0.25) is 4.79 Å². The zero-order valence-corrected chi connectivity index (χ0v) is 12.7. The highest BCUT2D eigenvalue weighted by molar-refractivity contribution is 5.89. The Morgan fingerprint density at radius 2 is 2.16 bits per heavy atom. The molecule has 2 N–H and O–H groups in total. The molecule has 0 radical (unpaired) electrons. The minimum absolute atomic E-state index is 0.0233. The van der Waals surface area contributed by atoms with Crippen molar-refractivity contribution in [3.05, 3.63) is 12.7 Å². The maximum absolute atomic E-state index is 12.7. The summed E-state index contributed by atoms with van der Waals surface area (Å²) in [6.07, 6.45) is 3.34. The van der Waals surface area contributed by atoms with Crippen LogP contribution in [0.3, 0.4) is 0 Å². The molecule has 2 unspecified atom stereocenters. The van der Waals surface area contributed by atoms with E-state index in [1.165, 1.54) is 0 Å². The topological polar surface area (TPSA) is 55.6 Å². The molecule has 1 amide bonds. The molecule has 0 aliphatic heterocycles. The number of rotatable bonds is 7. The Bertz CT molecular complexity index is 341. The molecule has 2 atom stereocenters. The summed E-state index contributed by atoms with van der Waals surface area (Å²) in [6, 6.07) is 0. The minimum atomic E-state index is -0.814. The predicted molar refractivity (Wildman–Crippen MR) is 77.8 cm³/mol. The number of hydrogen-bond acceptors (Lipinski definition) is 3. The van der Waals surface area contributed by atoms with Crippen molar-refractivity contribution in [2.24, 2.45) is 11.1 Å². The average molecular weight is 268 g/mol. The van der Waals surface area contributed by atoms with Gasteiger partial charge in [0.25, 0.3) is 0 Å². The van der Waals surface area contributed by atoms with Crippen LogP contribution in [0.5, 0.6) is 0 Å². The lowest BCUT2D eigenvalue weighted by atomic mass is 9.54. The largest absolute Gasteiger partial charge is 0.378 e. The van der Waals surface area contributed by atoms with Crippen LogP contribution in [0.25, 0.3) is 0 Å². The predicted octanol–water partition coefficient (Wildman–Crippen LogP) is 1.94. The van der Waals surface area contributed by atoms with Crippen molar-refractivity contribution in [2.45, 2.75) is 52.2 Å². The van der Waals surface area contributed by atoms with Crippen molar-refractivity contribution in [1.82, 2.24) is 4.90 Å². The van der Waals surface area contributed by atoms with Gasteiger partial charge in [0.1, 0.15) is 5.54 Å². The van der Waals surface area contributed by atoms with Gasteiger partial charge in [0.05, 0.1) is 6.10 Å². The summed E-state index contributed by atoms with van der Waals surface area (Å²) in [7, 11) is 0. The Balaban J connectivity index is 2.83. The van der Waals surface area contributed by atoms with Crippen LogP contribution in [0.1, 0.15) is 40.5 Å². The van der Waals surface area contributed by atoms with Crippen LogP contribution in [0, 0.1) is 5.41 Å². The first kappa shape index (κ1) is 16.2. The number of nitrogens with zero attached hydrogens (tertiary/aromatic N) is 1. The van der Waals surface area contributed by atoms with E-state index in [4.69, 9.17) is 10.5 Å². The molecule has 1 aliphatic carbocycles. The highest BCUT2D eigenvalue weighted by Crippen LogP contribution is 2.50. The van der Waals surface area contributed by atoms with E-state index in [2.05, 4.69) is 13.5 Å². The Kier molecular flexibility index (Phi) is 5.16. The molecule has 110 valence electrons. The van der Waals surface area contributed by atoms with E-state index >= 15 is 0 Å². The second-order valence-corrected chi connectivity index (χ2v) is 5.88. The van der Waals surface area contributed by atoms with Gasteiger partial charge in [0, 0.05) is 31.5 Å². The first-order chi connectivity index (χ1) is 8.85. The maximum Gasteiger partial charge on any atom is 0.243 e. The van der Waals surface area contributed by atoms with Crippen LogP contribution in [0.2, 0.25) is 0 Å². The number of hydrogen-bond donors (Lipinski definition) is 1. The summed E-state index contributed by atoms with van der Waals surface area (Å²) < 4.78 is 5.67. The van der Waals surface area contributed by atoms with Crippen LogP contribution in [0.15, 0.2) is 12.7 Å². The number of carbonyl (C=O) groups excluding carboxylic acids is 1. The maximum atomic E-state index is 12.7. The summed E-state index contributed by atoms with van der Waals surface area (Å²) in [5.41, 5.74) is 5.26. The Hall–Kier alpha value is -0.870. The molecule has 0 aromatic rings. The lowest BCUT2D eigenvalue weighted by molar-refractivity contribution is -0.178. The molecule has 1 fully saturated rings. The van der Waals surface area contributed by atoms with Crippen molar-refractivity contribution in [2.75, 3.05) is 19.7 Å². The van der Waals surface area contributed by atoms with E-state index < -0.39 is 5.54 Å². The summed E-state index contributed by atoms with van der Waals surface area (Å²) in [6.45, 7) is 13.7. The van der Waals surface area contributed by atoms with Crippen molar-refractivity contribution in [3.8, 4) is 0 Å². The molecule has 0 heterocycles. The zero-order valence-electron chi connectivity index (χ0n) is 12.7. The second kappa shape index (κ2) is 6.06. The van der Waals surface area contributed by atoms with Gasteiger partial charge in [-0.15, -0.1) is 6.58 Å². The molecule has 0 bridgehead atoms. The van der Waals surface area contributed by atoms with E-state index in [1.807, 2.05) is 20.8 Å². The second-order valence-electron chi connectivity index (χ2n) is 5.88. The molecule has 4 nitrogen and oxygen atoms in total. The van der Waals surface area contributed by atoms with E-state index in [9.17, 15) is 4.79 Å². The number of carbonyl (C=O) groups is 1. The first-order valence-corrected chi connectivity index (χ1v) is 7.15. The normalized spacial score (nSPS) is 28.6. The van der Waals surface area contributed by atoms with Crippen LogP contribution in [-0.4, -0.2) is 42.1 Å². The molecular weight excluding hydrogens is 240 g/mol. The van der Waals surface area contributed by atoms with Gasteiger partial charge >= 0.3 is 0 Å². The average Bonchev–Trinajstić information content (AvgIpc) is 2.37. The van der Waals surface area contributed by atoms with Crippen molar-refractivity contribution in [3.63, 3.8) is 0 Å². The highest BCUT2D eigenvalue weighted by atomic mass is 16.5. The number of ether oxygens (including phenoxy) is 1. The van der Waals surface area contributed by atoms with E-state index in [-0.39, 0.29) is 17.4 Å². The fourth-order valence-corrected chi connectivity index (χ4v) is 2.78. The fraction of sp³-hybridized carbons (Fsp3) is 0.800. The summed E-state index contributed by atoms with van der Waals surface area (Å²) in [5.74, 6) is 0.0233. The zero-order chi connectivity index (χ0) is 14.7. The third-order valence-electron chi connectivity index (χ3n) is 4.34. The molecule has 1 saturated carbocycles. The van der Waals surface area contributed by atoms with Crippen LogP contribution in [0.4, 0.5) is 0 Å². The molecule has 0 saturated heterocycles. The Morgan fingerprint density at radius 3 is 2.58 bits per heavy atom. The van der Waals surface area contributed by atoms with Gasteiger partial charge in [-0.2, -0.15) is 0 Å². The smallest absolute Gasteiger partial charge is 0.243 e. The summed E-state index contributed by atoms with van der Waals surface area (Å²) >= 11 is 0. The molecular formula is C15H28N2O2. The quantitative estimate of drug-likeness (QED) is 0.718. The lowest BCUT2D eigenvalue weighted by Gasteiger charge is -2.58. The number of nitrogens with two attached hydrogens (primary N) is 1. The summed E-state index contributed by atoms with van der Waals surface area (Å²) in [4.78, 5) is 14.5. The van der Waals surface area contributed by atoms with Crippen molar-refractivity contribution >= 4 is 5.91 Å². The molecule has 0 aromatic heterocycles. The lowest BCUT2D eigenvalue weighted by Crippen LogP contribution is -2.76. The van der Waals surface area contributed by atoms with Crippen LogP contribution >= 0.6 is 0 Å². The standard InChI is InChI=1S/C15H28N2O2/c1-6-9-17(10-7-2)13(18)15(16)11-12(19-8-3)14(15,4)5/h6,12H,1,7-11,16H2,2-5H3. The first-order valence-electron chi connectivity index (χ1n) is 7.15. The molecule has 1 aliphatic rings. The highest BCUT2D eigenvalue weighted by Gasteiger charge is 2.63. The molecule has 1 rings (SSSR count). The van der Waals surface area contributed by atoms with E-state index in [1.54, 1.807) is 11.0 Å². The summed E-state index contributed by atoms with van der Waals surface area (Å²) in [5, 5.41) is 0. The van der Waals surface area contributed by atoms with Gasteiger partial charge < -0.3 is 15.4 Å². The number of amides is 1. The van der Waals surface area contributed by atoms with Crippen molar-refractivity contribution < 1.29 is 9.53 Å². The van der Waals surface area contributed by atoms with Gasteiger partial charge in [0.2, 0.25) is 5.91 Å². The molecule has 4 heteroatoms. The Morgan fingerprint density at radius 1 is 1.53 bits per heavy atom. The molecule has 0 aromatic carbocycles. The van der Waals surface area contributed by atoms with Gasteiger partial charge in [-0.1, -0.05) is 26.8 Å². The van der Waals surface area contributed by atoms with Crippen LogP contribution < -0.4 is 5.73 Å². The van der Waals surface area contributed by atoms with E-state index in [0.717, 1.165) is 13.0 Å². The molecule has 19 heavy (non-hydrogen) atoms. The third kappa shape index (κ3) is 2.70. The monoisotopic (exact) mass is 268 g/mol. The van der Waals surface area contributed by atoms with Crippen LogP contribution in [-0.2, 0) is 9.53 Å². The third-order valence-corrected chi connectivity index (χ3v) is 4.34. The van der Waals surface area contributed by atoms with Crippen molar-refractivity contribution in [1.29, 1.82) is 0 Å². The molecule has 0 spiro atoms. The fourth-order valence-electron chi connectivity index (χ4n) is 2.78. The van der Waals surface area contributed by atoms with Gasteiger partial charge in [-0.05, 0) is 13.3 Å². The Labute approximate surface area is 117 Å². The van der Waals surface area contributed by atoms with Gasteiger partial charge in [-0.25, -0.2) is 0 Å². The minimum Gasteiger partial charge on any atom is -0.378 e.